The van der Waals surface area contributed by atoms with Gasteiger partial charge in [-0.05, 0) is 23.6 Å². The highest BCUT2D eigenvalue weighted by atomic mass is 16.5. The van der Waals surface area contributed by atoms with Crippen LogP contribution in [0.25, 0.3) is 22.3 Å². The van der Waals surface area contributed by atoms with Gasteiger partial charge < -0.3 is 9.30 Å². The van der Waals surface area contributed by atoms with Crippen molar-refractivity contribution in [3.8, 4) is 28.3 Å². The van der Waals surface area contributed by atoms with Crippen LogP contribution in [0, 0.1) is 11.3 Å². The van der Waals surface area contributed by atoms with Crippen LogP contribution in [-0.4, -0.2) is 17.1 Å². The summed E-state index contributed by atoms with van der Waals surface area (Å²) in [5, 5.41) is 9.45. The molecule has 0 radical (unpaired) electrons. The number of carbonyl (C=O) groups is 1. The summed E-state index contributed by atoms with van der Waals surface area (Å²) in [4.78, 5) is 12.3. The Balaban J connectivity index is 2.07. The molecule has 0 saturated heterocycles. The summed E-state index contributed by atoms with van der Waals surface area (Å²) in [5.74, 6) is -0.423. The van der Waals surface area contributed by atoms with E-state index in [0.717, 1.165) is 16.7 Å². The van der Waals surface area contributed by atoms with E-state index in [2.05, 4.69) is 6.07 Å². The highest BCUT2D eigenvalue weighted by molar-refractivity contribution is 5.98. The molecule has 1 heterocycles. The first-order chi connectivity index (χ1) is 12.2. The Morgan fingerprint density at radius 2 is 1.64 bits per heavy atom. The lowest BCUT2D eigenvalue weighted by Crippen LogP contribution is -2.10. The molecule has 3 aromatic rings. The van der Waals surface area contributed by atoms with Crippen LogP contribution < -0.4 is 0 Å². The predicted octanol–water partition coefficient (Wildman–Crippen LogP) is 4.41. The van der Waals surface area contributed by atoms with E-state index in [0.29, 0.717) is 16.8 Å². The average molecular weight is 330 g/mol. The van der Waals surface area contributed by atoms with Gasteiger partial charge in [0.1, 0.15) is 11.8 Å². The number of ether oxygens (including phenoxy) is 1. The minimum absolute atomic E-state index is 0.290. The lowest BCUT2D eigenvalue weighted by molar-refractivity contribution is 0.0516. The molecule has 124 valence electrons. The van der Waals surface area contributed by atoms with E-state index in [1.54, 1.807) is 24.7 Å². The van der Waals surface area contributed by atoms with Crippen LogP contribution in [0.1, 0.15) is 23.0 Å². The third-order valence-corrected chi connectivity index (χ3v) is 4.05. The monoisotopic (exact) mass is 330 g/mol. The first kappa shape index (κ1) is 16.5. The third kappa shape index (κ3) is 3.17. The van der Waals surface area contributed by atoms with Crippen molar-refractivity contribution in [2.45, 2.75) is 6.92 Å². The summed E-state index contributed by atoms with van der Waals surface area (Å²) in [6.45, 7) is 2.05. The van der Waals surface area contributed by atoms with Gasteiger partial charge in [0.15, 0.2) is 0 Å². The van der Waals surface area contributed by atoms with E-state index >= 15 is 0 Å². The number of rotatable bonds is 4. The Hall–Kier alpha value is -3.32. The summed E-state index contributed by atoms with van der Waals surface area (Å²) in [5.41, 5.74) is 4.48. The molecular formula is C21H18N2O2. The van der Waals surface area contributed by atoms with Crippen molar-refractivity contribution in [1.82, 2.24) is 4.57 Å². The van der Waals surface area contributed by atoms with Crippen LogP contribution >= 0.6 is 0 Å². The first-order valence-electron chi connectivity index (χ1n) is 8.08. The zero-order valence-electron chi connectivity index (χ0n) is 14.2. The molecule has 0 saturated carbocycles. The van der Waals surface area contributed by atoms with Gasteiger partial charge in [0.2, 0.25) is 0 Å². The number of aromatic nitrogens is 1. The molecule has 0 unspecified atom stereocenters. The quantitative estimate of drug-likeness (QED) is 0.666. The maximum atomic E-state index is 12.3. The van der Waals surface area contributed by atoms with Gasteiger partial charge in [0.25, 0.3) is 0 Å². The molecule has 0 aliphatic heterocycles. The largest absolute Gasteiger partial charge is 0.461 e. The third-order valence-electron chi connectivity index (χ3n) is 4.05. The lowest BCUT2D eigenvalue weighted by Gasteiger charge is -2.08. The van der Waals surface area contributed by atoms with Crippen LogP contribution in [0.5, 0.6) is 0 Å². The van der Waals surface area contributed by atoms with Crippen LogP contribution in [0.15, 0.2) is 60.8 Å². The molecule has 0 fully saturated rings. The molecular weight excluding hydrogens is 312 g/mol. The van der Waals surface area contributed by atoms with E-state index in [9.17, 15) is 10.1 Å². The van der Waals surface area contributed by atoms with E-state index in [-0.39, 0.29) is 6.61 Å². The second-order valence-corrected chi connectivity index (χ2v) is 5.65. The SMILES string of the molecule is CCOC(=O)c1c(-c2ccc(-c3ccccc3)cc2)c(C#N)cn1C. The Labute approximate surface area is 146 Å². The van der Waals surface area contributed by atoms with E-state index in [1.165, 1.54) is 0 Å². The summed E-state index contributed by atoms with van der Waals surface area (Å²) in [7, 11) is 1.74. The zero-order chi connectivity index (χ0) is 17.8. The number of hydrogen-bond acceptors (Lipinski definition) is 3. The highest BCUT2D eigenvalue weighted by Gasteiger charge is 2.22. The normalized spacial score (nSPS) is 10.3. The predicted molar refractivity (Wildman–Crippen MR) is 97.0 cm³/mol. The van der Waals surface area contributed by atoms with Crippen LogP contribution in [0.3, 0.4) is 0 Å². The topological polar surface area (TPSA) is 55.0 Å². The number of aryl methyl sites for hydroxylation is 1. The van der Waals surface area contributed by atoms with Crippen molar-refractivity contribution in [1.29, 1.82) is 5.26 Å². The van der Waals surface area contributed by atoms with E-state index in [4.69, 9.17) is 4.74 Å². The molecule has 3 rings (SSSR count). The van der Waals surface area contributed by atoms with Gasteiger partial charge in [-0.25, -0.2) is 4.79 Å². The van der Waals surface area contributed by atoms with E-state index < -0.39 is 5.97 Å². The van der Waals surface area contributed by atoms with Crippen molar-refractivity contribution in [2.24, 2.45) is 7.05 Å². The molecule has 4 heteroatoms. The molecule has 4 nitrogen and oxygen atoms in total. The van der Waals surface area contributed by atoms with Gasteiger partial charge in [-0.3, -0.25) is 0 Å². The molecule has 25 heavy (non-hydrogen) atoms. The van der Waals surface area contributed by atoms with Gasteiger partial charge in [0, 0.05) is 18.8 Å². The summed E-state index contributed by atoms with van der Waals surface area (Å²) in [6, 6.07) is 20.1. The van der Waals surface area contributed by atoms with Crippen molar-refractivity contribution in [3.05, 3.63) is 72.1 Å². The van der Waals surface area contributed by atoms with Crippen molar-refractivity contribution >= 4 is 5.97 Å². The van der Waals surface area contributed by atoms with Gasteiger partial charge in [-0.15, -0.1) is 0 Å². The van der Waals surface area contributed by atoms with Gasteiger partial charge >= 0.3 is 5.97 Å². The fraction of sp³-hybridized carbons (Fsp3) is 0.143. The first-order valence-corrected chi connectivity index (χ1v) is 8.08. The van der Waals surface area contributed by atoms with Gasteiger partial charge in [0.05, 0.1) is 12.2 Å². The number of carbonyl (C=O) groups excluding carboxylic acids is 1. The molecule has 0 bridgehead atoms. The smallest absolute Gasteiger partial charge is 0.355 e. The minimum Gasteiger partial charge on any atom is -0.461 e. The minimum atomic E-state index is -0.423. The Morgan fingerprint density at radius 1 is 1.04 bits per heavy atom. The maximum Gasteiger partial charge on any atom is 0.355 e. The van der Waals surface area contributed by atoms with Crippen LogP contribution in [0.2, 0.25) is 0 Å². The van der Waals surface area contributed by atoms with Crippen molar-refractivity contribution < 1.29 is 9.53 Å². The second-order valence-electron chi connectivity index (χ2n) is 5.65. The number of nitrogens with zero attached hydrogens (tertiary/aromatic N) is 2. The highest BCUT2D eigenvalue weighted by Crippen LogP contribution is 2.31. The number of nitriles is 1. The summed E-state index contributed by atoms with van der Waals surface area (Å²) in [6.07, 6.45) is 1.66. The Kier molecular flexibility index (Phi) is 4.67. The van der Waals surface area contributed by atoms with Gasteiger partial charge in [-0.2, -0.15) is 5.26 Å². The standard InChI is InChI=1S/C21H18N2O2/c1-3-25-21(24)20-19(18(13-22)14-23(20)2)17-11-9-16(10-12-17)15-7-5-4-6-8-15/h4-12,14H,3H2,1-2H3. The molecule has 0 amide bonds. The molecule has 0 aliphatic rings. The average Bonchev–Trinajstić information content (AvgIpc) is 2.99. The molecule has 1 aromatic heterocycles. The van der Waals surface area contributed by atoms with Crippen molar-refractivity contribution in [3.63, 3.8) is 0 Å². The van der Waals surface area contributed by atoms with Crippen LogP contribution in [0.4, 0.5) is 0 Å². The molecule has 0 aliphatic carbocycles. The fourth-order valence-corrected chi connectivity index (χ4v) is 2.91. The van der Waals surface area contributed by atoms with E-state index in [1.807, 2.05) is 54.6 Å². The number of esters is 1. The zero-order valence-corrected chi connectivity index (χ0v) is 14.2. The second kappa shape index (κ2) is 7.06. The summed E-state index contributed by atoms with van der Waals surface area (Å²) >= 11 is 0. The maximum absolute atomic E-state index is 12.3. The number of benzene rings is 2. The lowest BCUT2D eigenvalue weighted by atomic mass is 9.98. The molecule has 2 aromatic carbocycles. The fourth-order valence-electron chi connectivity index (χ4n) is 2.91. The Morgan fingerprint density at radius 3 is 2.24 bits per heavy atom. The molecule has 0 atom stereocenters. The van der Waals surface area contributed by atoms with Crippen LogP contribution in [-0.2, 0) is 11.8 Å². The molecule has 0 spiro atoms. The number of hydrogen-bond donors (Lipinski definition) is 0. The molecule has 0 N–H and O–H groups in total. The van der Waals surface area contributed by atoms with Gasteiger partial charge in [-0.1, -0.05) is 54.6 Å². The Bertz CT molecular complexity index is 933. The van der Waals surface area contributed by atoms with Crippen molar-refractivity contribution in [2.75, 3.05) is 6.61 Å². The summed E-state index contributed by atoms with van der Waals surface area (Å²) < 4.78 is 6.80.